The minimum absolute atomic E-state index is 0.0641. The van der Waals surface area contributed by atoms with E-state index in [4.69, 9.17) is 4.74 Å². The SMILES string of the molecule is CC[C@H](C(=O)N1CCN(c2ccccc2OC)C(=O)C1)n1cccn1. The monoisotopic (exact) mass is 342 g/mol. The molecule has 0 aliphatic carbocycles. The molecule has 0 bridgehead atoms. The van der Waals surface area contributed by atoms with Crippen molar-refractivity contribution in [1.29, 1.82) is 0 Å². The van der Waals surface area contributed by atoms with Gasteiger partial charge in [-0.15, -0.1) is 0 Å². The molecule has 2 heterocycles. The summed E-state index contributed by atoms with van der Waals surface area (Å²) in [5, 5.41) is 4.16. The highest BCUT2D eigenvalue weighted by Crippen LogP contribution is 2.29. The Hall–Kier alpha value is -2.83. The number of hydrogen-bond acceptors (Lipinski definition) is 4. The summed E-state index contributed by atoms with van der Waals surface area (Å²) in [5.74, 6) is 0.470. The van der Waals surface area contributed by atoms with Crippen LogP contribution >= 0.6 is 0 Å². The molecule has 1 aromatic carbocycles. The van der Waals surface area contributed by atoms with Crippen LogP contribution in [0, 0.1) is 0 Å². The number of hydrogen-bond donors (Lipinski definition) is 0. The van der Waals surface area contributed by atoms with E-state index >= 15 is 0 Å². The van der Waals surface area contributed by atoms with Crippen LogP contribution in [-0.4, -0.2) is 53.2 Å². The maximum absolute atomic E-state index is 12.8. The highest BCUT2D eigenvalue weighted by Gasteiger charge is 2.32. The number of methoxy groups -OCH3 is 1. The van der Waals surface area contributed by atoms with Crippen LogP contribution in [0.15, 0.2) is 42.7 Å². The highest BCUT2D eigenvalue weighted by atomic mass is 16.5. The second-order valence-electron chi connectivity index (χ2n) is 5.89. The van der Waals surface area contributed by atoms with Gasteiger partial charge in [0, 0.05) is 25.5 Å². The highest BCUT2D eigenvalue weighted by molar-refractivity contribution is 5.99. The van der Waals surface area contributed by atoms with E-state index in [-0.39, 0.29) is 24.4 Å². The minimum atomic E-state index is -0.374. The summed E-state index contributed by atoms with van der Waals surface area (Å²) in [7, 11) is 1.58. The number of piperazine rings is 1. The van der Waals surface area contributed by atoms with Gasteiger partial charge in [0.15, 0.2) is 0 Å². The Morgan fingerprint density at radius 1 is 1.28 bits per heavy atom. The molecule has 1 fully saturated rings. The molecule has 0 N–H and O–H groups in total. The van der Waals surface area contributed by atoms with Crippen LogP contribution < -0.4 is 9.64 Å². The lowest BCUT2D eigenvalue weighted by Crippen LogP contribution is -2.54. The van der Waals surface area contributed by atoms with Gasteiger partial charge in [-0.25, -0.2) is 0 Å². The van der Waals surface area contributed by atoms with Gasteiger partial charge in [-0.1, -0.05) is 19.1 Å². The molecule has 1 saturated heterocycles. The van der Waals surface area contributed by atoms with Crippen LogP contribution in [0.1, 0.15) is 19.4 Å². The molecule has 2 amide bonds. The number of amides is 2. The van der Waals surface area contributed by atoms with Crippen molar-refractivity contribution in [3.63, 3.8) is 0 Å². The number of carbonyl (C=O) groups excluding carboxylic acids is 2. The predicted octanol–water partition coefficient (Wildman–Crippen LogP) is 1.72. The Morgan fingerprint density at radius 3 is 2.72 bits per heavy atom. The molecule has 1 aliphatic rings. The van der Waals surface area contributed by atoms with Crippen molar-refractivity contribution in [2.45, 2.75) is 19.4 Å². The molecule has 7 nitrogen and oxygen atoms in total. The van der Waals surface area contributed by atoms with Gasteiger partial charge in [-0.3, -0.25) is 14.3 Å². The van der Waals surface area contributed by atoms with Crippen molar-refractivity contribution in [2.75, 3.05) is 31.6 Å². The van der Waals surface area contributed by atoms with Crippen molar-refractivity contribution in [3.8, 4) is 5.75 Å². The number of rotatable bonds is 5. The number of nitrogens with zero attached hydrogens (tertiary/aromatic N) is 4. The van der Waals surface area contributed by atoms with Gasteiger partial charge >= 0.3 is 0 Å². The zero-order valence-corrected chi connectivity index (χ0v) is 14.5. The number of ether oxygens (including phenoxy) is 1. The summed E-state index contributed by atoms with van der Waals surface area (Å²) < 4.78 is 6.99. The largest absolute Gasteiger partial charge is 0.495 e. The molecular weight excluding hydrogens is 320 g/mol. The molecule has 132 valence electrons. The van der Waals surface area contributed by atoms with E-state index in [1.165, 1.54) is 0 Å². The molecule has 0 radical (unpaired) electrons. The fourth-order valence-corrected chi connectivity index (χ4v) is 3.12. The molecule has 3 rings (SSSR count). The summed E-state index contributed by atoms with van der Waals surface area (Å²) in [5.41, 5.74) is 0.737. The smallest absolute Gasteiger partial charge is 0.247 e. The van der Waals surface area contributed by atoms with E-state index in [1.807, 2.05) is 31.2 Å². The summed E-state index contributed by atoms with van der Waals surface area (Å²) >= 11 is 0. The number of anilines is 1. The normalized spacial score (nSPS) is 16.0. The molecule has 2 aromatic rings. The molecular formula is C18H22N4O3. The number of aromatic nitrogens is 2. The van der Waals surface area contributed by atoms with Gasteiger partial charge in [0.05, 0.1) is 12.8 Å². The maximum Gasteiger partial charge on any atom is 0.247 e. The first-order valence-electron chi connectivity index (χ1n) is 8.37. The quantitative estimate of drug-likeness (QED) is 0.830. The zero-order chi connectivity index (χ0) is 17.8. The second-order valence-corrected chi connectivity index (χ2v) is 5.89. The van der Waals surface area contributed by atoms with Crippen molar-refractivity contribution in [2.24, 2.45) is 0 Å². The lowest BCUT2D eigenvalue weighted by molar-refractivity contribution is -0.140. The van der Waals surface area contributed by atoms with Gasteiger partial charge in [-0.2, -0.15) is 5.10 Å². The minimum Gasteiger partial charge on any atom is -0.495 e. The Bertz CT molecular complexity index is 745. The second kappa shape index (κ2) is 7.38. The zero-order valence-electron chi connectivity index (χ0n) is 14.5. The van der Waals surface area contributed by atoms with Crippen LogP contribution in [0.4, 0.5) is 5.69 Å². The van der Waals surface area contributed by atoms with Gasteiger partial charge < -0.3 is 14.5 Å². The fraction of sp³-hybridized carbons (Fsp3) is 0.389. The number of benzene rings is 1. The van der Waals surface area contributed by atoms with E-state index < -0.39 is 0 Å². The van der Waals surface area contributed by atoms with Crippen molar-refractivity contribution < 1.29 is 14.3 Å². The van der Waals surface area contributed by atoms with E-state index in [1.54, 1.807) is 40.1 Å². The first kappa shape index (κ1) is 17.0. The summed E-state index contributed by atoms with van der Waals surface area (Å²) in [4.78, 5) is 28.7. The molecule has 0 spiro atoms. The molecule has 1 aromatic heterocycles. The van der Waals surface area contributed by atoms with Crippen molar-refractivity contribution in [1.82, 2.24) is 14.7 Å². The van der Waals surface area contributed by atoms with Crippen LogP contribution in [0.5, 0.6) is 5.75 Å². The number of carbonyl (C=O) groups is 2. The Kier molecular flexibility index (Phi) is 5.02. The lowest BCUT2D eigenvalue weighted by atomic mass is 10.1. The van der Waals surface area contributed by atoms with Crippen molar-refractivity contribution >= 4 is 17.5 Å². The summed E-state index contributed by atoms with van der Waals surface area (Å²) in [6.45, 7) is 2.94. The number of para-hydroxylation sites is 2. The standard InChI is InChI=1S/C18H22N4O3/c1-3-14(22-10-6-9-19-22)18(24)20-11-12-21(17(23)13-20)15-7-4-5-8-16(15)25-2/h4-10,14H,3,11-13H2,1-2H3/t14-/m1/s1. The van der Waals surface area contributed by atoms with Gasteiger partial charge in [-0.05, 0) is 24.6 Å². The molecule has 7 heteroatoms. The third-order valence-electron chi connectivity index (χ3n) is 4.42. The van der Waals surface area contributed by atoms with E-state index in [9.17, 15) is 9.59 Å². The molecule has 1 aliphatic heterocycles. The maximum atomic E-state index is 12.8. The van der Waals surface area contributed by atoms with Gasteiger partial charge in [0.1, 0.15) is 18.3 Å². The Morgan fingerprint density at radius 2 is 2.08 bits per heavy atom. The Balaban J connectivity index is 1.73. The average Bonchev–Trinajstić information content (AvgIpc) is 3.16. The van der Waals surface area contributed by atoms with Gasteiger partial charge in [0.25, 0.3) is 0 Å². The molecule has 0 unspecified atom stereocenters. The van der Waals surface area contributed by atoms with Crippen LogP contribution in [0.2, 0.25) is 0 Å². The fourth-order valence-electron chi connectivity index (χ4n) is 3.12. The van der Waals surface area contributed by atoms with Crippen LogP contribution in [0.3, 0.4) is 0 Å². The topological polar surface area (TPSA) is 67.7 Å². The van der Waals surface area contributed by atoms with Crippen molar-refractivity contribution in [3.05, 3.63) is 42.7 Å². The first-order valence-corrected chi connectivity index (χ1v) is 8.37. The lowest BCUT2D eigenvalue weighted by Gasteiger charge is -2.36. The molecule has 1 atom stereocenters. The van der Waals surface area contributed by atoms with Gasteiger partial charge in [0.2, 0.25) is 11.8 Å². The first-order chi connectivity index (χ1) is 12.2. The van der Waals surface area contributed by atoms with E-state index in [0.29, 0.717) is 25.3 Å². The molecule has 25 heavy (non-hydrogen) atoms. The van der Waals surface area contributed by atoms with Crippen LogP contribution in [-0.2, 0) is 9.59 Å². The summed E-state index contributed by atoms with van der Waals surface area (Å²) in [6, 6.07) is 8.83. The Labute approximate surface area is 146 Å². The summed E-state index contributed by atoms with van der Waals surface area (Å²) in [6.07, 6.45) is 4.06. The predicted molar refractivity (Wildman–Crippen MR) is 93.5 cm³/mol. The third-order valence-corrected chi connectivity index (χ3v) is 4.42. The van der Waals surface area contributed by atoms with Crippen LogP contribution in [0.25, 0.3) is 0 Å². The molecule has 0 saturated carbocycles. The van der Waals surface area contributed by atoms with E-state index in [0.717, 1.165) is 5.69 Å². The third kappa shape index (κ3) is 3.35. The average molecular weight is 342 g/mol. The van der Waals surface area contributed by atoms with E-state index in [2.05, 4.69) is 5.10 Å².